The van der Waals surface area contributed by atoms with Crippen LogP contribution in [0.4, 0.5) is 13.2 Å². The van der Waals surface area contributed by atoms with Crippen molar-refractivity contribution in [2.75, 3.05) is 6.54 Å². The molecule has 0 saturated carbocycles. The van der Waals surface area contributed by atoms with E-state index in [2.05, 4.69) is 10.1 Å². The molecule has 2 aromatic rings. The minimum absolute atomic E-state index is 0.174. The lowest BCUT2D eigenvalue weighted by Gasteiger charge is -1.99. The van der Waals surface area contributed by atoms with Gasteiger partial charge in [0, 0.05) is 18.5 Å². The molecule has 0 aliphatic rings. The Morgan fingerprint density at radius 3 is 2.75 bits per heavy atom. The molecule has 0 bridgehead atoms. The Bertz CT molecular complexity index is 503. The van der Waals surface area contributed by atoms with Gasteiger partial charge in [-0.1, -0.05) is 0 Å². The third-order valence-electron chi connectivity index (χ3n) is 2.09. The SMILES string of the molecule is NCCc1cnc2cc(C(F)(F)F)nn2c1. The normalized spacial score (nSPS) is 12.2. The maximum absolute atomic E-state index is 12.4. The Labute approximate surface area is 88.9 Å². The lowest BCUT2D eigenvalue weighted by atomic mass is 10.2. The van der Waals surface area contributed by atoms with Gasteiger partial charge < -0.3 is 5.73 Å². The summed E-state index contributed by atoms with van der Waals surface area (Å²) in [4.78, 5) is 3.88. The number of hydrogen-bond acceptors (Lipinski definition) is 3. The fourth-order valence-electron chi connectivity index (χ4n) is 1.35. The Hall–Kier alpha value is -1.63. The summed E-state index contributed by atoms with van der Waals surface area (Å²) in [6, 6.07) is 0.909. The fraction of sp³-hybridized carbons (Fsp3) is 0.333. The summed E-state index contributed by atoms with van der Waals surface area (Å²) < 4.78 is 38.2. The molecular formula is C9H9F3N4. The molecule has 2 aromatic heterocycles. The Balaban J connectivity index is 2.46. The molecule has 0 fully saturated rings. The van der Waals surface area contributed by atoms with E-state index in [4.69, 9.17) is 5.73 Å². The Morgan fingerprint density at radius 1 is 1.38 bits per heavy atom. The van der Waals surface area contributed by atoms with E-state index in [0.717, 1.165) is 16.1 Å². The van der Waals surface area contributed by atoms with Gasteiger partial charge in [0.2, 0.25) is 0 Å². The second kappa shape index (κ2) is 3.75. The van der Waals surface area contributed by atoms with Crippen LogP contribution in [0.1, 0.15) is 11.3 Å². The highest BCUT2D eigenvalue weighted by atomic mass is 19.4. The number of aromatic nitrogens is 3. The second-order valence-corrected chi connectivity index (χ2v) is 3.33. The monoisotopic (exact) mass is 230 g/mol. The van der Waals surface area contributed by atoms with Crippen molar-refractivity contribution >= 4 is 5.65 Å². The smallest absolute Gasteiger partial charge is 0.330 e. The predicted octanol–water partition coefficient (Wildman–Crippen LogP) is 1.25. The quantitative estimate of drug-likeness (QED) is 0.844. The molecule has 0 aromatic carbocycles. The molecule has 0 amide bonds. The van der Waals surface area contributed by atoms with Gasteiger partial charge in [0.1, 0.15) is 0 Å². The van der Waals surface area contributed by atoms with Crippen LogP contribution >= 0.6 is 0 Å². The molecule has 2 rings (SSSR count). The first-order valence-electron chi connectivity index (χ1n) is 4.62. The highest BCUT2D eigenvalue weighted by Gasteiger charge is 2.34. The molecule has 0 atom stereocenters. The number of hydrogen-bond donors (Lipinski definition) is 1. The molecule has 2 N–H and O–H groups in total. The topological polar surface area (TPSA) is 56.2 Å². The summed E-state index contributed by atoms with van der Waals surface area (Å²) in [5.41, 5.74) is 5.33. The van der Waals surface area contributed by atoms with Gasteiger partial charge in [-0.05, 0) is 18.5 Å². The minimum atomic E-state index is -4.44. The first-order chi connectivity index (χ1) is 7.50. The van der Waals surface area contributed by atoms with Crippen LogP contribution in [-0.2, 0) is 12.6 Å². The van der Waals surface area contributed by atoms with Crippen molar-refractivity contribution in [3.8, 4) is 0 Å². The largest absolute Gasteiger partial charge is 0.435 e. The Kier molecular flexibility index (Phi) is 2.55. The van der Waals surface area contributed by atoms with Crippen molar-refractivity contribution in [2.45, 2.75) is 12.6 Å². The summed E-state index contributed by atoms with van der Waals surface area (Å²) in [7, 11) is 0. The van der Waals surface area contributed by atoms with Gasteiger partial charge in [-0.2, -0.15) is 18.3 Å². The first kappa shape index (κ1) is 10.9. The summed E-state index contributed by atoms with van der Waals surface area (Å²) in [5.74, 6) is 0. The van der Waals surface area contributed by atoms with Crippen LogP contribution < -0.4 is 5.73 Å². The molecule has 0 unspecified atom stereocenters. The van der Waals surface area contributed by atoms with E-state index in [-0.39, 0.29) is 5.65 Å². The highest BCUT2D eigenvalue weighted by Crippen LogP contribution is 2.28. The standard InChI is InChI=1S/C9H9F3N4/c10-9(11,12)7-3-8-14-4-6(1-2-13)5-16(8)15-7/h3-5H,1-2,13H2. The van der Waals surface area contributed by atoms with Crippen molar-refractivity contribution in [3.63, 3.8) is 0 Å². The van der Waals surface area contributed by atoms with E-state index in [9.17, 15) is 13.2 Å². The maximum Gasteiger partial charge on any atom is 0.435 e. The maximum atomic E-state index is 12.4. The molecule has 16 heavy (non-hydrogen) atoms. The third-order valence-corrected chi connectivity index (χ3v) is 2.09. The molecule has 0 saturated heterocycles. The van der Waals surface area contributed by atoms with Crippen LogP contribution in [0.5, 0.6) is 0 Å². The number of rotatable bonds is 2. The van der Waals surface area contributed by atoms with Crippen LogP contribution in [-0.4, -0.2) is 21.1 Å². The molecule has 0 aliphatic carbocycles. The van der Waals surface area contributed by atoms with Crippen LogP contribution in [0.15, 0.2) is 18.5 Å². The average Bonchev–Trinajstić information content (AvgIpc) is 2.60. The van der Waals surface area contributed by atoms with Crippen molar-refractivity contribution in [1.82, 2.24) is 14.6 Å². The molecule has 0 spiro atoms. The number of halogens is 3. The molecule has 86 valence electrons. The molecular weight excluding hydrogens is 221 g/mol. The summed E-state index contributed by atoms with van der Waals surface area (Å²) in [5, 5.41) is 3.42. The predicted molar refractivity (Wildman–Crippen MR) is 50.7 cm³/mol. The van der Waals surface area contributed by atoms with E-state index < -0.39 is 11.9 Å². The van der Waals surface area contributed by atoms with Gasteiger partial charge in [0.05, 0.1) is 0 Å². The van der Waals surface area contributed by atoms with Crippen molar-refractivity contribution in [2.24, 2.45) is 5.73 Å². The molecule has 0 aliphatic heterocycles. The van der Waals surface area contributed by atoms with E-state index in [0.29, 0.717) is 13.0 Å². The number of nitrogens with zero attached hydrogens (tertiary/aromatic N) is 3. The van der Waals surface area contributed by atoms with Crippen molar-refractivity contribution < 1.29 is 13.2 Å². The van der Waals surface area contributed by atoms with Gasteiger partial charge in [0.15, 0.2) is 11.3 Å². The van der Waals surface area contributed by atoms with Crippen molar-refractivity contribution in [1.29, 1.82) is 0 Å². The van der Waals surface area contributed by atoms with E-state index in [1.54, 1.807) is 0 Å². The van der Waals surface area contributed by atoms with Gasteiger partial charge >= 0.3 is 6.18 Å². The fourth-order valence-corrected chi connectivity index (χ4v) is 1.35. The van der Waals surface area contributed by atoms with Crippen LogP contribution in [0, 0.1) is 0 Å². The second-order valence-electron chi connectivity index (χ2n) is 3.33. The van der Waals surface area contributed by atoms with Crippen LogP contribution in [0.25, 0.3) is 5.65 Å². The zero-order valence-corrected chi connectivity index (χ0v) is 8.20. The average molecular weight is 230 g/mol. The summed E-state index contributed by atoms with van der Waals surface area (Å²) in [6.45, 7) is 0.417. The highest BCUT2D eigenvalue weighted by molar-refractivity contribution is 5.40. The molecule has 2 heterocycles. The van der Waals surface area contributed by atoms with Crippen LogP contribution in [0.2, 0.25) is 0 Å². The zero-order chi connectivity index (χ0) is 11.8. The zero-order valence-electron chi connectivity index (χ0n) is 8.20. The van der Waals surface area contributed by atoms with Gasteiger partial charge in [-0.15, -0.1) is 0 Å². The minimum Gasteiger partial charge on any atom is -0.330 e. The molecule has 4 nitrogen and oxygen atoms in total. The van der Waals surface area contributed by atoms with E-state index in [1.165, 1.54) is 12.4 Å². The van der Waals surface area contributed by atoms with Crippen molar-refractivity contribution in [3.05, 3.63) is 29.7 Å². The number of fused-ring (bicyclic) bond motifs is 1. The van der Waals surface area contributed by atoms with E-state index in [1.807, 2.05) is 0 Å². The lowest BCUT2D eigenvalue weighted by molar-refractivity contribution is -0.141. The Morgan fingerprint density at radius 2 is 2.12 bits per heavy atom. The first-order valence-corrected chi connectivity index (χ1v) is 4.62. The van der Waals surface area contributed by atoms with Gasteiger partial charge in [-0.3, -0.25) is 0 Å². The summed E-state index contributed by atoms with van der Waals surface area (Å²) in [6.07, 6.45) is -0.875. The third kappa shape index (κ3) is 1.99. The van der Waals surface area contributed by atoms with Gasteiger partial charge in [0.25, 0.3) is 0 Å². The number of nitrogens with two attached hydrogens (primary N) is 1. The van der Waals surface area contributed by atoms with Gasteiger partial charge in [-0.25, -0.2) is 9.50 Å². The van der Waals surface area contributed by atoms with E-state index >= 15 is 0 Å². The van der Waals surface area contributed by atoms with Crippen LogP contribution in [0.3, 0.4) is 0 Å². The molecule has 0 radical (unpaired) electrons. The number of alkyl halides is 3. The lowest BCUT2D eigenvalue weighted by Crippen LogP contribution is -2.06. The summed E-state index contributed by atoms with van der Waals surface area (Å²) >= 11 is 0. The molecule has 7 heteroatoms.